The highest BCUT2D eigenvalue weighted by Crippen LogP contribution is 2.00. The molecule has 1 amide bonds. The number of carbonyl (C=O) groups excluding carboxylic acids is 1. The van der Waals surface area contributed by atoms with E-state index >= 15 is 0 Å². The van der Waals surface area contributed by atoms with Gasteiger partial charge in [-0.1, -0.05) is 0 Å². The highest BCUT2D eigenvalue weighted by Gasteiger charge is 2.17. The van der Waals surface area contributed by atoms with Crippen molar-refractivity contribution in [1.29, 1.82) is 0 Å². The van der Waals surface area contributed by atoms with Crippen LogP contribution in [0.5, 0.6) is 0 Å². The monoisotopic (exact) mass is 279 g/mol. The lowest BCUT2D eigenvalue weighted by molar-refractivity contribution is -0.135. The molecule has 0 saturated carbocycles. The quantitative estimate of drug-likeness (QED) is 0.591. The lowest BCUT2D eigenvalue weighted by Crippen LogP contribution is -2.42. The molecule has 1 rings (SSSR count). The summed E-state index contributed by atoms with van der Waals surface area (Å²) in [6.07, 6.45) is 0.606. The molecule has 0 aromatic heterocycles. The molecule has 1 aliphatic heterocycles. The summed E-state index contributed by atoms with van der Waals surface area (Å²) in [4.78, 5) is 13.4. The summed E-state index contributed by atoms with van der Waals surface area (Å²) >= 11 is 0. The van der Waals surface area contributed by atoms with E-state index in [1.54, 1.807) is 4.90 Å². The predicted molar refractivity (Wildman–Crippen MR) is 67.5 cm³/mol. The van der Waals surface area contributed by atoms with E-state index < -0.39 is 10.0 Å². The summed E-state index contributed by atoms with van der Waals surface area (Å²) in [5.74, 6) is -0.0327. The fourth-order valence-electron chi connectivity index (χ4n) is 1.63. The van der Waals surface area contributed by atoms with Crippen LogP contribution < -0.4 is 10.5 Å². The molecule has 0 bridgehead atoms. The van der Waals surface area contributed by atoms with Crippen LogP contribution in [0.3, 0.4) is 0 Å². The van der Waals surface area contributed by atoms with Gasteiger partial charge in [0.05, 0.1) is 19.0 Å². The van der Waals surface area contributed by atoms with Crippen molar-refractivity contribution in [3.05, 3.63) is 0 Å². The number of rotatable bonds is 7. The Balaban J connectivity index is 2.22. The summed E-state index contributed by atoms with van der Waals surface area (Å²) in [6, 6.07) is 0. The van der Waals surface area contributed by atoms with E-state index in [0.29, 0.717) is 39.3 Å². The lowest BCUT2D eigenvalue weighted by atomic mass is 10.3. The molecule has 1 saturated heterocycles. The number of carbonyl (C=O) groups is 1. The molecule has 0 spiro atoms. The predicted octanol–water partition coefficient (Wildman–Crippen LogP) is -1.50. The Morgan fingerprint density at radius 1 is 1.33 bits per heavy atom. The Labute approximate surface area is 108 Å². The van der Waals surface area contributed by atoms with Crippen molar-refractivity contribution < 1.29 is 17.9 Å². The van der Waals surface area contributed by atoms with Crippen molar-refractivity contribution in [1.82, 2.24) is 9.62 Å². The summed E-state index contributed by atoms with van der Waals surface area (Å²) in [5, 5.41) is 0. The Bertz CT molecular complexity index is 352. The first kappa shape index (κ1) is 15.4. The molecule has 1 fully saturated rings. The average molecular weight is 279 g/mol. The SMILES string of the molecule is NCCCS(=O)(=O)NCCC(=O)N1CCOCC1. The third-order valence-corrected chi connectivity index (χ3v) is 4.11. The van der Waals surface area contributed by atoms with Gasteiger partial charge < -0.3 is 15.4 Å². The van der Waals surface area contributed by atoms with Crippen molar-refractivity contribution >= 4 is 15.9 Å². The zero-order chi connectivity index (χ0) is 13.4. The van der Waals surface area contributed by atoms with Gasteiger partial charge in [-0.25, -0.2) is 13.1 Å². The number of ether oxygens (including phenoxy) is 1. The van der Waals surface area contributed by atoms with Gasteiger partial charge in [0.1, 0.15) is 0 Å². The van der Waals surface area contributed by atoms with E-state index in [1.165, 1.54) is 0 Å². The number of nitrogens with two attached hydrogens (primary N) is 1. The molecule has 0 aliphatic carbocycles. The van der Waals surface area contributed by atoms with Crippen LogP contribution in [0.2, 0.25) is 0 Å². The van der Waals surface area contributed by atoms with Crippen molar-refractivity contribution in [3.8, 4) is 0 Å². The molecule has 0 aromatic carbocycles. The molecule has 0 aromatic rings. The van der Waals surface area contributed by atoms with E-state index in [2.05, 4.69) is 4.72 Å². The Hall–Kier alpha value is -0.700. The Kier molecular flexibility index (Phi) is 6.55. The number of hydrogen-bond donors (Lipinski definition) is 2. The third kappa shape index (κ3) is 5.76. The zero-order valence-electron chi connectivity index (χ0n) is 10.4. The second kappa shape index (κ2) is 7.67. The van der Waals surface area contributed by atoms with Gasteiger partial charge in [-0.2, -0.15) is 0 Å². The van der Waals surface area contributed by atoms with Crippen molar-refractivity contribution in [2.24, 2.45) is 5.73 Å². The first-order chi connectivity index (χ1) is 8.55. The van der Waals surface area contributed by atoms with Gasteiger partial charge in [0, 0.05) is 26.1 Å². The summed E-state index contributed by atoms with van der Waals surface area (Å²) in [7, 11) is -3.30. The Morgan fingerprint density at radius 2 is 2.00 bits per heavy atom. The summed E-state index contributed by atoms with van der Waals surface area (Å²) in [6.45, 7) is 2.75. The number of morpholine rings is 1. The van der Waals surface area contributed by atoms with Crippen molar-refractivity contribution in [3.63, 3.8) is 0 Å². The molecule has 1 heterocycles. The highest BCUT2D eigenvalue weighted by atomic mass is 32.2. The smallest absolute Gasteiger partial charge is 0.224 e. The minimum atomic E-state index is -3.30. The minimum absolute atomic E-state index is 0.00917. The van der Waals surface area contributed by atoms with Crippen LogP contribution in [0.25, 0.3) is 0 Å². The molecule has 0 atom stereocenters. The lowest BCUT2D eigenvalue weighted by Gasteiger charge is -2.26. The van der Waals surface area contributed by atoms with Crippen LogP contribution in [0.1, 0.15) is 12.8 Å². The fourth-order valence-corrected chi connectivity index (χ4v) is 2.73. The number of hydrogen-bond acceptors (Lipinski definition) is 5. The maximum Gasteiger partial charge on any atom is 0.224 e. The van der Waals surface area contributed by atoms with Gasteiger partial charge in [0.25, 0.3) is 0 Å². The van der Waals surface area contributed by atoms with Crippen LogP contribution in [0.15, 0.2) is 0 Å². The van der Waals surface area contributed by atoms with Crippen LogP contribution in [0.4, 0.5) is 0 Å². The highest BCUT2D eigenvalue weighted by molar-refractivity contribution is 7.89. The van der Waals surface area contributed by atoms with Crippen LogP contribution in [-0.2, 0) is 19.6 Å². The average Bonchev–Trinajstić information content (AvgIpc) is 2.37. The molecule has 0 unspecified atom stereocenters. The van der Waals surface area contributed by atoms with Crippen LogP contribution >= 0.6 is 0 Å². The van der Waals surface area contributed by atoms with Gasteiger partial charge in [0.2, 0.25) is 15.9 Å². The minimum Gasteiger partial charge on any atom is -0.378 e. The van der Waals surface area contributed by atoms with Crippen molar-refractivity contribution in [2.75, 3.05) is 45.1 Å². The normalized spacial score (nSPS) is 16.8. The summed E-state index contributed by atoms with van der Waals surface area (Å²) < 4.78 is 30.4. The second-order valence-corrected chi connectivity index (χ2v) is 6.03. The topological polar surface area (TPSA) is 102 Å². The van der Waals surface area contributed by atoms with Gasteiger partial charge in [-0.3, -0.25) is 4.79 Å². The maximum absolute atomic E-state index is 11.7. The molecule has 7 nitrogen and oxygen atoms in total. The standard InChI is InChI=1S/C10H21N3O4S/c11-3-1-9-18(15,16)12-4-2-10(14)13-5-7-17-8-6-13/h12H,1-9,11H2. The van der Waals surface area contributed by atoms with Gasteiger partial charge in [-0.15, -0.1) is 0 Å². The Morgan fingerprint density at radius 3 is 2.61 bits per heavy atom. The van der Waals surface area contributed by atoms with Gasteiger partial charge in [0.15, 0.2) is 0 Å². The molecular weight excluding hydrogens is 258 g/mol. The molecule has 106 valence electrons. The van der Waals surface area contributed by atoms with Crippen LogP contribution in [-0.4, -0.2) is 64.4 Å². The maximum atomic E-state index is 11.7. The summed E-state index contributed by atoms with van der Waals surface area (Å²) in [5.41, 5.74) is 5.25. The molecular formula is C10H21N3O4S. The molecule has 1 aliphatic rings. The molecule has 0 radical (unpaired) electrons. The van der Waals surface area contributed by atoms with Gasteiger partial charge in [-0.05, 0) is 13.0 Å². The first-order valence-electron chi connectivity index (χ1n) is 6.08. The molecule has 8 heteroatoms. The van der Waals surface area contributed by atoms with Crippen LogP contribution in [0, 0.1) is 0 Å². The number of nitrogens with zero attached hydrogens (tertiary/aromatic N) is 1. The van der Waals surface area contributed by atoms with Gasteiger partial charge >= 0.3 is 0 Å². The van der Waals surface area contributed by atoms with E-state index in [4.69, 9.17) is 10.5 Å². The largest absolute Gasteiger partial charge is 0.378 e. The third-order valence-electron chi connectivity index (χ3n) is 2.64. The van der Waals surface area contributed by atoms with E-state index in [-0.39, 0.29) is 24.6 Å². The molecule has 3 N–H and O–H groups in total. The number of sulfonamides is 1. The second-order valence-electron chi connectivity index (χ2n) is 4.10. The van der Waals surface area contributed by atoms with E-state index in [0.717, 1.165) is 0 Å². The molecule has 18 heavy (non-hydrogen) atoms. The van der Waals surface area contributed by atoms with E-state index in [9.17, 15) is 13.2 Å². The number of amides is 1. The van der Waals surface area contributed by atoms with E-state index in [1.807, 2.05) is 0 Å². The van der Waals surface area contributed by atoms with Crippen molar-refractivity contribution in [2.45, 2.75) is 12.8 Å². The number of nitrogens with one attached hydrogen (secondary N) is 1. The zero-order valence-corrected chi connectivity index (χ0v) is 11.2. The fraction of sp³-hybridized carbons (Fsp3) is 0.900. The first-order valence-corrected chi connectivity index (χ1v) is 7.73.